The molecule has 158 valence electrons. The predicted molar refractivity (Wildman–Crippen MR) is 112 cm³/mol. The van der Waals surface area contributed by atoms with E-state index in [2.05, 4.69) is 16.6 Å². The van der Waals surface area contributed by atoms with Crippen molar-refractivity contribution in [2.24, 2.45) is 0 Å². The van der Waals surface area contributed by atoms with E-state index in [0.717, 1.165) is 11.3 Å². The number of rotatable bonds is 11. The van der Waals surface area contributed by atoms with Crippen LogP contribution >= 0.6 is 0 Å². The lowest BCUT2D eigenvalue weighted by atomic mass is 10.2. The second-order valence-electron chi connectivity index (χ2n) is 6.62. The van der Waals surface area contributed by atoms with Crippen molar-refractivity contribution >= 4 is 11.7 Å². The number of hydrogen-bond acceptors (Lipinski definition) is 6. The number of hydrogen-bond donors (Lipinski definition) is 0. The minimum Gasteiger partial charge on any atom is -0.497 e. The summed E-state index contributed by atoms with van der Waals surface area (Å²) in [5.41, 5.74) is 1.49. The van der Waals surface area contributed by atoms with E-state index < -0.39 is 0 Å². The summed E-state index contributed by atoms with van der Waals surface area (Å²) in [6, 6.07) is 7.76. The summed E-state index contributed by atoms with van der Waals surface area (Å²) in [5, 5.41) is 5.69. The van der Waals surface area contributed by atoms with Gasteiger partial charge in [0.25, 0.3) is 5.91 Å². The first-order chi connectivity index (χ1) is 14.0. The Morgan fingerprint density at radius 2 is 1.97 bits per heavy atom. The number of amides is 1. The Labute approximate surface area is 172 Å². The summed E-state index contributed by atoms with van der Waals surface area (Å²) in [7, 11) is 6.31. The van der Waals surface area contributed by atoms with Crippen LogP contribution in [-0.4, -0.2) is 68.3 Å². The highest BCUT2D eigenvalue weighted by Crippen LogP contribution is 2.26. The van der Waals surface area contributed by atoms with Crippen LogP contribution in [0.15, 0.2) is 43.1 Å². The average molecular weight is 402 g/mol. The summed E-state index contributed by atoms with van der Waals surface area (Å²) in [5.74, 6) is 1.20. The number of aromatic nitrogens is 2. The van der Waals surface area contributed by atoms with E-state index in [0.29, 0.717) is 31.1 Å². The molecule has 0 bridgehead atoms. The van der Waals surface area contributed by atoms with Crippen LogP contribution in [0.1, 0.15) is 22.8 Å². The van der Waals surface area contributed by atoms with Gasteiger partial charge in [0.15, 0.2) is 0 Å². The molecule has 0 aliphatic rings. The zero-order valence-electron chi connectivity index (χ0n) is 17.8. The number of nitrogens with zero attached hydrogens (tertiary/aromatic N) is 4. The highest BCUT2D eigenvalue weighted by atomic mass is 16.7. The monoisotopic (exact) mass is 402 g/mol. The van der Waals surface area contributed by atoms with Gasteiger partial charge in [-0.2, -0.15) is 5.10 Å². The number of carbonyl (C=O) groups is 1. The lowest BCUT2D eigenvalue weighted by Gasteiger charge is -2.31. The van der Waals surface area contributed by atoms with Crippen molar-refractivity contribution in [1.29, 1.82) is 0 Å². The van der Waals surface area contributed by atoms with Gasteiger partial charge < -0.3 is 14.4 Å². The molecular weight excluding hydrogens is 372 g/mol. The highest BCUT2D eigenvalue weighted by Gasteiger charge is 2.27. The maximum atomic E-state index is 12.9. The number of anilines is 1. The smallest absolute Gasteiger partial charge is 0.282 e. The Kier molecular flexibility index (Phi) is 8.23. The zero-order valence-corrected chi connectivity index (χ0v) is 17.8. The standard InChI is InChI=1S/C21H30N4O4/c1-7-12-24(16(2)15-27-4)20-19(21(26)23(3)29-6)13-22-25(20)14-17-8-10-18(28-5)11-9-17/h7-11,13,16H,1,12,14-15H2,2-6H3. The van der Waals surface area contributed by atoms with Crippen molar-refractivity contribution < 1.29 is 19.1 Å². The van der Waals surface area contributed by atoms with E-state index in [1.54, 1.807) is 33.5 Å². The van der Waals surface area contributed by atoms with Crippen LogP contribution in [-0.2, 0) is 16.1 Å². The van der Waals surface area contributed by atoms with Crippen molar-refractivity contribution in [2.45, 2.75) is 19.5 Å². The number of carbonyl (C=O) groups excluding carboxylic acids is 1. The fourth-order valence-corrected chi connectivity index (χ4v) is 3.05. The minimum atomic E-state index is -0.276. The lowest BCUT2D eigenvalue weighted by molar-refractivity contribution is -0.0756. The van der Waals surface area contributed by atoms with Crippen LogP contribution in [0.2, 0.25) is 0 Å². The molecule has 8 heteroatoms. The first-order valence-electron chi connectivity index (χ1n) is 9.34. The number of methoxy groups -OCH3 is 2. The van der Waals surface area contributed by atoms with Crippen molar-refractivity contribution in [3.05, 3.63) is 54.2 Å². The van der Waals surface area contributed by atoms with Crippen molar-refractivity contribution in [2.75, 3.05) is 46.4 Å². The molecule has 0 N–H and O–H groups in total. The molecule has 1 atom stereocenters. The fourth-order valence-electron chi connectivity index (χ4n) is 3.05. The van der Waals surface area contributed by atoms with Crippen molar-refractivity contribution in [3.8, 4) is 5.75 Å². The second kappa shape index (κ2) is 10.6. The third-order valence-electron chi connectivity index (χ3n) is 4.63. The molecule has 1 heterocycles. The zero-order chi connectivity index (χ0) is 21.4. The Balaban J connectivity index is 2.50. The Morgan fingerprint density at radius 3 is 2.52 bits per heavy atom. The molecule has 0 spiro atoms. The summed E-state index contributed by atoms with van der Waals surface area (Å²) < 4.78 is 12.4. The molecule has 0 aliphatic heterocycles. The summed E-state index contributed by atoms with van der Waals surface area (Å²) >= 11 is 0. The Bertz CT molecular complexity index is 804. The SMILES string of the molecule is C=CCN(c1c(C(=O)N(C)OC)cnn1Cc1ccc(OC)cc1)C(C)COC. The largest absolute Gasteiger partial charge is 0.497 e. The topological polar surface area (TPSA) is 69.1 Å². The van der Waals surface area contributed by atoms with Gasteiger partial charge in [-0.15, -0.1) is 6.58 Å². The molecule has 2 aromatic rings. The number of hydroxylamine groups is 2. The molecule has 2 rings (SSSR count). The number of benzene rings is 1. The Hall–Kier alpha value is -2.84. The van der Waals surface area contributed by atoms with Gasteiger partial charge in [0.1, 0.15) is 17.1 Å². The van der Waals surface area contributed by atoms with Crippen LogP contribution in [0.3, 0.4) is 0 Å². The summed E-state index contributed by atoms with van der Waals surface area (Å²) in [6.07, 6.45) is 3.37. The minimum absolute atomic E-state index is 0.00344. The van der Waals surface area contributed by atoms with Gasteiger partial charge in [-0.3, -0.25) is 9.63 Å². The van der Waals surface area contributed by atoms with Gasteiger partial charge >= 0.3 is 0 Å². The molecule has 0 fully saturated rings. The highest BCUT2D eigenvalue weighted by molar-refractivity contribution is 5.98. The molecule has 0 radical (unpaired) electrons. The van der Waals surface area contributed by atoms with Gasteiger partial charge in [0.05, 0.1) is 39.6 Å². The fraction of sp³-hybridized carbons (Fsp3) is 0.429. The molecule has 0 saturated heterocycles. The third-order valence-corrected chi connectivity index (χ3v) is 4.63. The Morgan fingerprint density at radius 1 is 1.28 bits per heavy atom. The van der Waals surface area contributed by atoms with E-state index in [9.17, 15) is 4.79 Å². The molecule has 8 nitrogen and oxygen atoms in total. The molecule has 1 amide bonds. The first-order valence-corrected chi connectivity index (χ1v) is 9.34. The molecule has 0 aliphatic carbocycles. The van der Waals surface area contributed by atoms with E-state index in [1.165, 1.54) is 12.2 Å². The van der Waals surface area contributed by atoms with Gasteiger partial charge in [-0.25, -0.2) is 9.75 Å². The lowest BCUT2D eigenvalue weighted by Crippen LogP contribution is -2.39. The van der Waals surface area contributed by atoms with Crippen LogP contribution in [0.4, 0.5) is 5.82 Å². The van der Waals surface area contributed by atoms with Crippen molar-refractivity contribution in [1.82, 2.24) is 14.8 Å². The van der Waals surface area contributed by atoms with Gasteiger partial charge in [0.2, 0.25) is 0 Å². The van der Waals surface area contributed by atoms with Gasteiger partial charge in [-0.1, -0.05) is 18.2 Å². The summed E-state index contributed by atoms with van der Waals surface area (Å²) in [6.45, 7) is 7.43. The molecular formula is C21H30N4O4. The maximum absolute atomic E-state index is 12.9. The van der Waals surface area contributed by atoms with E-state index in [4.69, 9.17) is 14.3 Å². The first kappa shape index (κ1) is 22.4. The van der Waals surface area contributed by atoms with E-state index in [1.807, 2.05) is 35.9 Å². The maximum Gasteiger partial charge on any atom is 0.282 e. The van der Waals surface area contributed by atoms with Crippen LogP contribution in [0, 0.1) is 0 Å². The second-order valence-corrected chi connectivity index (χ2v) is 6.62. The summed E-state index contributed by atoms with van der Waals surface area (Å²) in [4.78, 5) is 20.0. The number of ether oxygens (including phenoxy) is 2. The normalized spacial score (nSPS) is 11.8. The predicted octanol–water partition coefficient (Wildman–Crippen LogP) is 2.60. The quantitative estimate of drug-likeness (QED) is 0.425. The van der Waals surface area contributed by atoms with Gasteiger partial charge in [0, 0.05) is 20.7 Å². The van der Waals surface area contributed by atoms with Crippen molar-refractivity contribution in [3.63, 3.8) is 0 Å². The molecule has 29 heavy (non-hydrogen) atoms. The average Bonchev–Trinajstić information content (AvgIpc) is 3.14. The molecule has 1 aromatic heterocycles. The van der Waals surface area contributed by atoms with Crippen LogP contribution < -0.4 is 9.64 Å². The van der Waals surface area contributed by atoms with Crippen LogP contribution in [0.5, 0.6) is 5.75 Å². The van der Waals surface area contributed by atoms with E-state index in [-0.39, 0.29) is 11.9 Å². The van der Waals surface area contributed by atoms with E-state index >= 15 is 0 Å². The van der Waals surface area contributed by atoms with Gasteiger partial charge in [-0.05, 0) is 24.6 Å². The van der Waals surface area contributed by atoms with Crippen LogP contribution in [0.25, 0.3) is 0 Å². The molecule has 1 aromatic carbocycles. The third kappa shape index (κ3) is 5.36. The molecule has 1 unspecified atom stereocenters. The molecule has 0 saturated carbocycles.